The summed E-state index contributed by atoms with van der Waals surface area (Å²) >= 11 is 1.74. The normalized spacial score (nSPS) is 15.1. The largest absolute Gasteiger partial charge is 0.383 e. The Bertz CT molecular complexity index is 534. The highest BCUT2D eigenvalue weighted by atomic mass is 32.1. The molecule has 1 aliphatic carbocycles. The van der Waals surface area contributed by atoms with Gasteiger partial charge in [0.1, 0.15) is 11.6 Å². The van der Waals surface area contributed by atoms with Crippen molar-refractivity contribution in [3.8, 4) is 0 Å². The molecule has 0 bridgehead atoms. The first kappa shape index (κ1) is 11.7. The Morgan fingerprint density at radius 1 is 1.17 bits per heavy atom. The molecule has 0 saturated carbocycles. The van der Waals surface area contributed by atoms with Gasteiger partial charge in [0.05, 0.1) is 0 Å². The van der Waals surface area contributed by atoms with Crippen molar-refractivity contribution in [3.63, 3.8) is 0 Å². The van der Waals surface area contributed by atoms with Gasteiger partial charge in [-0.15, -0.1) is 11.3 Å². The van der Waals surface area contributed by atoms with E-state index in [-0.39, 0.29) is 0 Å². The number of rotatable bonds is 2. The minimum atomic E-state index is 0.702. The minimum absolute atomic E-state index is 0.702. The topological polar surface area (TPSA) is 51.8 Å². The Morgan fingerprint density at radius 2 is 2.06 bits per heavy atom. The lowest BCUT2D eigenvalue weighted by molar-refractivity contribution is 0.708. The molecule has 2 N–H and O–H groups in total. The van der Waals surface area contributed by atoms with Crippen molar-refractivity contribution >= 4 is 17.2 Å². The molecule has 2 heterocycles. The van der Waals surface area contributed by atoms with Crippen molar-refractivity contribution < 1.29 is 0 Å². The number of aromatic nitrogens is 2. The van der Waals surface area contributed by atoms with Crippen LogP contribution in [0, 0.1) is 0 Å². The third kappa shape index (κ3) is 2.38. The molecule has 0 fully saturated rings. The summed E-state index contributed by atoms with van der Waals surface area (Å²) in [4.78, 5) is 10.5. The van der Waals surface area contributed by atoms with E-state index in [0.29, 0.717) is 5.82 Å². The summed E-state index contributed by atoms with van der Waals surface area (Å²) < 4.78 is 0. The van der Waals surface area contributed by atoms with E-state index in [4.69, 9.17) is 10.7 Å². The molecule has 0 spiro atoms. The van der Waals surface area contributed by atoms with Crippen LogP contribution in [0.25, 0.3) is 0 Å². The Labute approximate surface area is 111 Å². The van der Waals surface area contributed by atoms with Gasteiger partial charge in [0.15, 0.2) is 0 Å². The number of hydrogen-bond acceptors (Lipinski definition) is 4. The molecule has 94 valence electrons. The molecule has 0 unspecified atom stereocenters. The maximum Gasteiger partial charge on any atom is 0.136 e. The lowest BCUT2D eigenvalue weighted by atomic mass is 10.1. The van der Waals surface area contributed by atoms with Gasteiger partial charge in [-0.2, -0.15) is 0 Å². The minimum Gasteiger partial charge on any atom is -0.383 e. The SMILES string of the molecule is Nc1nc(Cc2cccs2)nc2c1CCCCC2. The van der Waals surface area contributed by atoms with Crippen LogP contribution in [0.1, 0.15) is 41.2 Å². The zero-order valence-corrected chi connectivity index (χ0v) is 11.2. The molecular formula is C14H17N3S. The summed E-state index contributed by atoms with van der Waals surface area (Å²) in [5.41, 5.74) is 8.48. The van der Waals surface area contributed by atoms with Crippen LogP contribution < -0.4 is 5.73 Å². The van der Waals surface area contributed by atoms with Gasteiger partial charge in [-0.1, -0.05) is 12.5 Å². The quantitative estimate of drug-likeness (QED) is 0.844. The molecule has 0 atom stereocenters. The average molecular weight is 259 g/mol. The first-order valence-corrected chi connectivity index (χ1v) is 7.37. The Balaban J connectivity index is 1.92. The van der Waals surface area contributed by atoms with E-state index in [2.05, 4.69) is 22.5 Å². The second-order valence-corrected chi connectivity index (χ2v) is 5.80. The van der Waals surface area contributed by atoms with Crippen molar-refractivity contribution in [2.75, 3.05) is 5.73 Å². The predicted octanol–water partition coefficient (Wildman–Crippen LogP) is 2.98. The number of anilines is 1. The average Bonchev–Trinajstić information content (AvgIpc) is 2.73. The molecule has 4 heteroatoms. The third-order valence-corrected chi connectivity index (χ3v) is 4.30. The molecule has 2 aromatic heterocycles. The van der Waals surface area contributed by atoms with Crippen LogP contribution in [0.2, 0.25) is 0 Å². The van der Waals surface area contributed by atoms with E-state index in [9.17, 15) is 0 Å². The van der Waals surface area contributed by atoms with Crippen LogP contribution in [-0.2, 0) is 19.3 Å². The number of hydrogen-bond donors (Lipinski definition) is 1. The van der Waals surface area contributed by atoms with Crippen LogP contribution in [0.3, 0.4) is 0 Å². The number of thiophene rings is 1. The fraction of sp³-hybridized carbons (Fsp3) is 0.429. The van der Waals surface area contributed by atoms with Gasteiger partial charge >= 0.3 is 0 Å². The van der Waals surface area contributed by atoms with Crippen molar-refractivity contribution in [1.29, 1.82) is 0 Å². The van der Waals surface area contributed by atoms with E-state index in [1.165, 1.54) is 35.4 Å². The molecule has 0 aliphatic heterocycles. The van der Waals surface area contributed by atoms with Gasteiger partial charge < -0.3 is 5.73 Å². The van der Waals surface area contributed by atoms with E-state index in [1.807, 2.05) is 0 Å². The van der Waals surface area contributed by atoms with E-state index >= 15 is 0 Å². The van der Waals surface area contributed by atoms with E-state index in [1.54, 1.807) is 11.3 Å². The van der Waals surface area contributed by atoms with Crippen LogP contribution in [0.15, 0.2) is 17.5 Å². The van der Waals surface area contributed by atoms with Crippen molar-refractivity contribution in [2.24, 2.45) is 0 Å². The number of nitrogens with two attached hydrogens (primary N) is 1. The third-order valence-electron chi connectivity index (χ3n) is 3.42. The highest BCUT2D eigenvalue weighted by molar-refractivity contribution is 7.09. The molecule has 1 aliphatic rings. The molecule has 0 amide bonds. The summed E-state index contributed by atoms with van der Waals surface area (Å²) in [5.74, 6) is 1.57. The van der Waals surface area contributed by atoms with Gasteiger partial charge in [0.25, 0.3) is 0 Å². The predicted molar refractivity (Wildman–Crippen MR) is 74.8 cm³/mol. The van der Waals surface area contributed by atoms with Crippen molar-refractivity contribution in [2.45, 2.75) is 38.5 Å². The zero-order chi connectivity index (χ0) is 12.4. The first-order valence-electron chi connectivity index (χ1n) is 6.49. The Hall–Kier alpha value is -1.42. The fourth-order valence-electron chi connectivity index (χ4n) is 2.50. The standard InChI is InChI=1S/C14H17N3S/c15-14-11-6-2-1-3-7-12(11)16-13(17-14)9-10-5-4-8-18-10/h4-5,8H,1-3,6-7,9H2,(H2,15,16,17). The molecule has 18 heavy (non-hydrogen) atoms. The molecule has 2 aromatic rings. The zero-order valence-electron chi connectivity index (χ0n) is 10.4. The van der Waals surface area contributed by atoms with E-state index in [0.717, 1.165) is 25.1 Å². The summed E-state index contributed by atoms with van der Waals surface area (Å²) in [6.07, 6.45) is 6.61. The molecule has 3 nitrogen and oxygen atoms in total. The molecule has 0 aromatic carbocycles. The highest BCUT2D eigenvalue weighted by Gasteiger charge is 2.15. The Morgan fingerprint density at radius 3 is 2.89 bits per heavy atom. The summed E-state index contributed by atoms with van der Waals surface area (Å²) in [6, 6.07) is 4.18. The number of nitrogens with zero attached hydrogens (tertiary/aromatic N) is 2. The van der Waals surface area contributed by atoms with Crippen LogP contribution in [0.5, 0.6) is 0 Å². The molecular weight excluding hydrogens is 242 g/mol. The number of nitrogen functional groups attached to an aromatic ring is 1. The van der Waals surface area contributed by atoms with Crippen LogP contribution in [-0.4, -0.2) is 9.97 Å². The molecule has 0 radical (unpaired) electrons. The second-order valence-electron chi connectivity index (χ2n) is 4.77. The van der Waals surface area contributed by atoms with Crippen LogP contribution in [0.4, 0.5) is 5.82 Å². The Kier molecular flexibility index (Phi) is 3.28. The maximum absolute atomic E-state index is 6.09. The summed E-state index contributed by atoms with van der Waals surface area (Å²) in [5, 5.41) is 2.09. The van der Waals surface area contributed by atoms with Crippen molar-refractivity contribution in [3.05, 3.63) is 39.5 Å². The van der Waals surface area contributed by atoms with Crippen molar-refractivity contribution in [1.82, 2.24) is 9.97 Å². The molecule has 3 rings (SSSR count). The van der Waals surface area contributed by atoms with Gasteiger partial charge in [-0.25, -0.2) is 9.97 Å². The van der Waals surface area contributed by atoms with Gasteiger partial charge in [-0.05, 0) is 37.1 Å². The number of aryl methyl sites for hydroxylation is 1. The van der Waals surface area contributed by atoms with Gasteiger partial charge in [-0.3, -0.25) is 0 Å². The molecule has 0 saturated heterocycles. The van der Waals surface area contributed by atoms with Gasteiger partial charge in [0.2, 0.25) is 0 Å². The summed E-state index contributed by atoms with van der Waals surface area (Å²) in [6.45, 7) is 0. The van der Waals surface area contributed by atoms with E-state index < -0.39 is 0 Å². The fourth-order valence-corrected chi connectivity index (χ4v) is 3.20. The van der Waals surface area contributed by atoms with Crippen LogP contribution >= 0.6 is 11.3 Å². The monoisotopic (exact) mass is 259 g/mol. The lowest BCUT2D eigenvalue weighted by Crippen LogP contribution is -2.08. The highest BCUT2D eigenvalue weighted by Crippen LogP contribution is 2.24. The first-order chi connectivity index (χ1) is 8.83. The maximum atomic E-state index is 6.09. The smallest absolute Gasteiger partial charge is 0.136 e. The number of fused-ring (bicyclic) bond motifs is 1. The summed E-state index contributed by atoms with van der Waals surface area (Å²) in [7, 11) is 0. The lowest BCUT2D eigenvalue weighted by Gasteiger charge is -2.09. The van der Waals surface area contributed by atoms with Gasteiger partial charge in [0, 0.05) is 22.6 Å². The second kappa shape index (κ2) is 5.06.